The van der Waals surface area contributed by atoms with Crippen molar-refractivity contribution in [1.29, 1.82) is 0 Å². The molecule has 0 saturated carbocycles. The largest absolute Gasteiger partial charge is 0.396 e. The van der Waals surface area contributed by atoms with Crippen LogP contribution in [0.1, 0.15) is 12.8 Å². The Morgan fingerprint density at radius 3 is 3.00 bits per heavy atom. The molecule has 1 fully saturated rings. The van der Waals surface area contributed by atoms with E-state index in [-0.39, 0.29) is 6.61 Å². The lowest BCUT2D eigenvalue weighted by atomic mass is 9.99. The van der Waals surface area contributed by atoms with Crippen LogP contribution in [0.25, 0.3) is 0 Å². The van der Waals surface area contributed by atoms with E-state index < -0.39 is 0 Å². The third kappa shape index (κ3) is 2.56. The fraction of sp³-hybridized carbons (Fsp3) is 0.600. The molecule has 2 rings (SSSR count). The van der Waals surface area contributed by atoms with Crippen LogP contribution in [0.15, 0.2) is 6.07 Å². The van der Waals surface area contributed by atoms with Crippen molar-refractivity contribution in [3.63, 3.8) is 0 Å². The molecule has 0 radical (unpaired) electrons. The average Bonchev–Trinajstić information content (AvgIpc) is 2.32. The van der Waals surface area contributed by atoms with Crippen molar-refractivity contribution in [2.24, 2.45) is 5.92 Å². The van der Waals surface area contributed by atoms with E-state index in [0.717, 1.165) is 31.6 Å². The highest BCUT2D eigenvalue weighted by Crippen LogP contribution is 2.29. The molecule has 16 heavy (non-hydrogen) atoms. The van der Waals surface area contributed by atoms with Crippen molar-refractivity contribution >= 4 is 28.9 Å². The fourth-order valence-corrected chi connectivity index (χ4v) is 2.35. The van der Waals surface area contributed by atoms with Gasteiger partial charge in [0, 0.05) is 25.8 Å². The fourth-order valence-electron chi connectivity index (χ4n) is 2.00. The van der Waals surface area contributed by atoms with Crippen molar-refractivity contribution < 1.29 is 5.11 Å². The number of piperidine rings is 1. The highest BCUT2D eigenvalue weighted by molar-refractivity contribution is 6.33. The first-order valence-electron chi connectivity index (χ1n) is 5.25. The van der Waals surface area contributed by atoms with Gasteiger partial charge in [-0.15, -0.1) is 10.2 Å². The van der Waals surface area contributed by atoms with E-state index in [1.54, 1.807) is 6.07 Å². The lowest BCUT2D eigenvalue weighted by Gasteiger charge is -2.33. The van der Waals surface area contributed by atoms with E-state index in [1.165, 1.54) is 0 Å². The highest BCUT2D eigenvalue weighted by atomic mass is 35.5. The first kappa shape index (κ1) is 11.9. The average molecular weight is 262 g/mol. The molecule has 0 spiro atoms. The summed E-state index contributed by atoms with van der Waals surface area (Å²) >= 11 is 11.8. The summed E-state index contributed by atoms with van der Waals surface area (Å²) in [6.07, 6.45) is 2.10. The van der Waals surface area contributed by atoms with E-state index in [2.05, 4.69) is 15.1 Å². The van der Waals surface area contributed by atoms with Crippen LogP contribution in [-0.4, -0.2) is 35.0 Å². The summed E-state index contributed by atoms with van der Waals surface area (Å²) in [6.45, 7) is 1.91. The Morgan fingerprint density at radius 2 is 2.25 bits per heavy atom. The molecular weight excluding hydrogens is 249 g/mol. The van der Waals surface area contributed by atoms with Crippen molar-refractivity contribution in [3.8, 4) is 0 Å². The predicted molar refractivity (Wildman–Crippen MR) is 64.1 cm³/mol. The second kappa shape index (κ2) is 5.17. The first-order chi connectivity index (χ1) is 7.70. The molecule has 88 valence electrons. The van der Waals surface area contributed by atoms with Gasteiger partial charge in [0.2, 0.25) is 0 Å². The number of anilines is 1. The molecule has 1 aromatic rings. The Hall–Kier alpha value is -0.580. The number of nitrogens with zero attached hydrogens (tertiary/aromatic N) is 3. The molecule has 1 unspecified atom stereocenters. The minimum Gasteiger partial charge on any atom is -0.396 e. The van der Waals surface area contributed by atoms with Crippen LogP contribution in [-0.2, 0) is 0 Å². The Balaban J connectivity index is 2.19. The van der Waals surface area contributed by atoms with Crippen molar-refractivity contribution in [3.05, 3.63) is 16.4 Å². The van der Waals surface area contributed by atoms with Crippen LogP contribution in [0.3, 0.4) is 0 Å². The molecule has 1 aromatic heterocycles. The smallest absolute Gasteiger partial charge is 0.175 e. The van der Waals surface area contributed by atoms with Crippen molar-refractivity contribution in [2.75, 3.05) is 24.6 Å². The van der Waals surface area contributed by atoms with E-state index in [1.807, 2.05) is 0 Å². The van der Waals surface area contributed by atoms with Gasteiger partial charge in [0.05, 0.1) is 5.69 Å². The topological polar surface area (TPSA) is 49.2 Å². The third-order valence-corrected chi connectivity index (χ3v) is 3.27. The summed E-state index contributed by atoms with van der Waals surface area (Å²) in [7, 11) is 0. The minimum absolute atomic E-state index is 0.209. The first-order valence-corrected chi connectivity index (χ1v) is 6.01. The molecule has 6 heteroatoms. The molecule has 0 bridgehead atoms. The van der Waals surface area contributed by atoms with Crippen LogP contribution >= 0.6 is 23.2 Å². The van der Waals surface area contributed by atoms with Gasteiger partial charge in [-0.05, 0) is 18.8 Å². The SMILES string of the molecule is OCC1CCCN(c2cc(Cl)nnc2Cl)C1. The molecule has 2 heterocycles. The Morgan fingerprint density at radius 1 is 1.44 bits per heavy atom. The number of aromatic nitrogens is 2. The van der Waals surface area contributed by atoms with Crippen LogP contribution in [0, 0.1) is 5.92 Å². The third-order valence-electron chi connectivity index (χ3n) is 2.82. The van der Waals surface area contributed by atoms with Crippen molar-refractivity contribution in [1.82, 2.24) is 10.2 Å². The number of aliphatic hydroxyl groups excluding tert-OH is 1. The summed E-state index contributed by atoms with van der Waals surface area (Å²) in [5.74, 6) is 0.303. The van der Waals surface area contributed by atoms with Crippen LogP contribution in [0.2, 0.25) is 10.3 Å². The molecule has 4 nitrogen and oxygen atoms in total. The van der Waals surface area contributed by atoms with E-state index in [4.69, 9.17) is 28.3 Å². The van der Waals surface area contributed by atoms with Gasteiger partial charge in [-0.1, -0.05) is 23.2 Å². The van der Waals surface area contributed by atoms with E-state index in [9.17, 15) is 0 Å². The maximum absolute atomic E-state index is 9.17. The maximum atomic E-state index is 9.17. The molecule has 0 aliphatic carbocycles. The molecule has 1 aliphatic heterocycles. The summed E-state index contributed by atoms with van der Waals surface area (Å²) < 4.78 is 0. The maximum Gasteiger partial charge on any atom is 0.175 e. The second-order valence-electron chi connectivity index (χ2n) is 3.98. The second-order valence-corrected chi connectivity index (χ2v) is 4.73. The standard InChI is InChI=1S/C10H13Cl2N3O/c11-9-4-8(10(12)14-13-9)15-3-1-2-7(5-15)6-16/h4,7,16H,1-3,5-6H2. The molecule has 1 saturated heterocycles. The predicted octanol–water partition coefficient (Wildman–Crippen LogP) is 1.99. The molecule has 0 aromatic carbocycles. The molecule has 1 N–H and O–H groups in total. The minimum atomic E-state index is 0.209. The molecule has 0 amide bonds. The van der Waals surface area contributed by atoms with Crippen molar-refractivity contribution in [2.45, 2.75) is 12.8 Å². The lowest BCUT2D eigenvalue weighted by molar-refractivity contribution is 0.208. The normalized spacial score (nSPS) is 21.2. The zero-order chi connectivity index (χ0) is 11.5. The van der Waals surface area contributed by atoms with E-state index in [0.29, 0.717) is 16.2 Å². The van der Waals surface area contributed by atoms with Gasteiger partial charge < -0.3 is 10.0 Å². The number of hydrogen-bond acceptors (Lipinski definition) is 4. The molecule has 1 atom stereocenters. The van der Waals surface area contributed by atoms with Crippen LogP contribution in [0.4, 0.5) is 5.69 Å². The van der Waals surface area contributed by atoms with Crippen LogP contribution < -0.4 is 4.90 Å². The monoisotopic (exact) mass is 261 g/mol. The quantitative estimate of drug-likeness (QED) is 0.885. The summed E-state index contributed by atoms with van der Waals surface area (Å²) in [4.78, 5) is 2.10. The van der Waals surface area contributed by atoms with Gasteiger partial charge in [-0.2, -0.15) is 0 Å². The number of hydrogen-bond donors (Lipinski definition) is 1. The highest BCUT2D eigenvalue weighted by Gasteiger charge is 2.21. The Bertz CT molecular complexity index is 375. The van der Waals surface area contributed by atoms with Gasteiger partial charge in [0.1, 0.15) is 0 Å². The molecule has 1 aliphatic rings. The summed E-state index contributed by atoms with van der Waals surface area (Å²) in [5.41, 5.74) is 0.805. The van der Waals surface area contributed by atoms with Crippen LogP contribution in [0.5, 0.6) is 0 Å². The lowest BCUT2D eigenvalue weighted by Crippen LogP contribution is -2.37. The zero-order valence-corrected chi connectivity index (χ0v) is 10.2. The number of rotatable bonds is 2. The summed E-state index contributed by atoms with van der Waals surface area (Å²) in [6, 6.07) is 1.72. The van der Waals surface area contributed by atoms with Gasteiger partial charge >= 0.3 is 0 Å². The number of halogens is 2. The van der Waals surface area contributed by atoms with Gasteiger partial charge in [-0.25, -0.2) is 0 Å². The molecular formula is C10H13Cl2N3O. The van der Waals surface area contributed by atoms with Gasteiger partial charge in [-0.3, -0.25) is 0 Å². The Labute approximate surface area is 104 Å². The van der Waals surface area contributed by atoms with E-state index >= 15 is 0 Å². The Kier molecular flexibility index (Phi) is 3.84. The summed E-state index contributed by atoms with van der Waals surface area (Å²) in [5, 5.41) is 17.3. The zero-order valence-electron chi connectivity index (χ0n) is 8.74. The number of aliphatic hydroxyl groups is 1. The van der Waals surface area contributed by atoms with Gasteiger partial charge in [0.25, 0.3) is 0 Å². The van der Waals surface area contributed by atoms with Gasteiger partial charge in [0.15, 0.2) is 10.3 Å².